The minimum Gasteiger partial charge on any atom is -0.507 e. The number of nitrogens with two attached hydrogens (primary N) is 2. The van der Waals surface area contributed by atoms with Crippen LogP contribution in [0, 0.1) is 4.64 Å². The minimum atomic E-state index is -4.71. The molecule has 0 radical (unpaired) electrons. The van der Waals surface area contributed by atoms with Crippen LogP contribution in [0.15, 0.2) is 24.3 Å². The Bertz CT molecular complexity index is 1030. The molecular weight excluding hydrogens is 395 g/mol. The van der Waals surface area contributed by atoms with Gasteiger partial charge in [-0.2, -0.15) is 13.2 Å². The van der Waals surface area contributed by atoms with E-state index in [1.54, 1.807) is 0 Å². The van der Waals surface area contributed by atoms with Crippen molar-refractivity contribution in [2.24, 2.45) is 11.5 Å². The fraction of sp³-hybridized carbons (Fsp3) is 0.235. The Kier molecular flexibility index (Phi) is 5.02. The van der Waals surface area contributed by atoms with Crippen LogP contribution in [0.2, 0.25) is 0 Å². The van der Waals surface area contributed by atoms with Crippen LogP contribution in [0.5, 0.6) is 5.75 Å². The second-order valence-corrected chi connectivity index (χ2v) is 6.68. The van der Waals surface area contributed by atoms with Crippen LogP contribution < -0.4 is 16.8 Å². The number of hydrogen-bond acceptors (Lipinski definition) is 6. The molecule has 0 aliphatic heterocycles. The van der Waals surface area contributed by atoms with Gasteiger partial charge in [-0.3, -0.25) is 4.79 Å². The predicted molar refractivity (Wildman–Crippen MR) is 99.5 cm³/mol. The van der Waals surface area contributed by atoms with Gasteiger partial charge in [-0.25, -0.2) is 4.98 Å². The van der Waals surface area contributed by atoms with Crippen molar-refractivity contribution in [3.63, 3.8) is 0 Å². The number of carbonyl (C=O) groups is 1. The van der Waals surface area contributed by atoms with Crippen molar-refractivity contribution in [2.45, 2.75) is 25.1 Å². The number of carbonyl (C=O) groups excluding carboxylic acids is 1. The maximum Gasteiger partial charge on any atom is 0.419 e. The molecule has 0 saturated heterocycles. The van der Waals surface area contributed by atoms with Crippen molar-refractivity contribution in [2.75, 3.05) is 5.32 Å². The Hall–Kier alpha value is -3.08. The predicted octanol–water partition coefficient (Wildman–Crippen LogP) is 2.89. The van der Waals surface area contributed by atoms with Gasteiger partial charge in [0.15, 0.2) is 0 Å². The third-order valence-electron chi connectivity index (χ3n) is 4.02. The number of amides is 1. The molecule has 7 nitrogen and oxygen atoms in total. The molecule has 0 unspecified atom stereocenters. The lowest BCUT2D eigenvalue weighted by molar-refractivity contribution is -0.138. The molecule has 1 fully saturated rings. The number of hydrogen-bond donors (Lipinski definition) is 5. The molecule has 0 atom stereocenters. The molecule has 28 heavy (non-hydrogen) atoms. The largest absolute Gasteiger partial charge is 0.507 e. The normalized spacial score (nSPS) is 14.8. The maximum absolute atomic E-state index is 12.9. The summed E-state index contributed by atoms with van der Waals surface area (Å²) in [6, 6.07) is 3.06. The summed E-state index contributed by atoms with van der Waals surface area (Å²) in [6.45, 7) is 0. The molecule has 7 N–H and O–H groups in total. The number of halogens is 3. The third kappa shape index (κ3) is 4.25. The summed E-state index contributed by atoms with van der Waals surface area (Å²) in [4.78, 5) is 18.3. The van der Waals surface area contributed by atoms with Gasteiger partial charge in [0.1, 0.15) is 10.4 Å². The zero-order valence-electron chi connectivity index (χ0n) is 14.3. The van der Waals surface area contributed by atoms with Gasteiger partial charge >= 0.3 is 6.18 Å². The lowest BCUT2D eigenvalue weighted by atomic mass is 10.0. The van der Waals surface area contributed by atoms with Gasteiger partial charge in [-0.05, 0) is 25.0 Å². The van der Waals surface area contributed by atoms with Gasteiger partial charge in [0.05, 0.1) is 16.8 Å². The first kappa shape index (κ1) is 19.7. The molecule has 148 valence electrons. The molecule has 1 aliphatic carbocycles. The first-order valence-electron chi connectivity index (χ1n) is 8.14. The molecule has 11 heteroatoms. The van der Waals surface area contributed by atoms with Crippen molar-refractivity contribution in [1.29, 1.82) is 0 Å². The zero-order valence-corrected chi connectivity index (χ0v) is 15.1. The molecule has 1 heterocycles. The highest BCUT2D eigenvalue weighted by atomic mass is 32.1. The second kappa shape index (κ2) is 7.15. The van der Waals surface area contributed by atoms with Crippen LogP contribution in [-0.4, -0.2) is 27.0 Å². The smallest absolute Gasteiger partial charge is 0.419 e. The molecule has 1 saturated carbocycles. The average Bonchev–Trinajstić information content (AvgIpc) is 3.36. The van der Waals surface area contributed by atoms with Crippen LogP contribution in [0.1, 0.15) is 24.0 Å². The first-order valence-corrected chi connectivity index (χ1v) is 8.55. The van der Waals surface area contributed by atoms with Crippen LogP contribution in [0.25, 0.3) is 17.0 Å². The summed E-state index contributed by atoms with van der Waals surface area (Å²) >= 11 is 5.26. The van der Waals surface area contributed by atoms with Crippen molar-refractivity contribution in [3.05, 3.63) is 40.0 Å². The number of anilines is 1. The van der Waals surface area contributed by atoms with E-state index in [0.29, 0.717) is 5.95 Å². The molecule has 1 aromatic heterocycles. The summed E-state index contributed by atoms with van der Waals surface area (Å²) in [6.07, 6.45) is -1.88. The van der Waals surface area contributed by atoms with E-state index >= 15 is 0 Å². The van der Waals surface area contributed by atoms with E-state index in [0.717, 1.165) is 37.1 Å². The topological polar surface area (TPSA) is 130 Å². The quantitative estimate of drug-likeness (QED) is 0.380. The van der Waals surface area contributed by atoms with E-state index in [2.05, 4.69) is 15.3 Å². The van der Waals surface area contributed by atoms with Gasteiger partial charge < -0.3 is 26.9 Å². The highest BCUT2D eigenvalue weighted by Gasteiger charge is 2.34. The molecule has 1 aromatic carbocycles. The minimum absolute atomic E-state index is 0.0197. The van der Waals surface area contributed by atoms with Gasteiger partial charge in [0.2, 0.25) is 11.9 Å². The van der Waals surface area contributed by atoms with Crippen LogP contribution in [-0.2, 0) is 11.0 Å². The number of benzene rings is 1. The molecule has 0 spiro atoms. The van der Waals surface area contributed by atoms with E-state index in [1.165, 1.54) is 0 Å². The fourth-order valence-corrected chi connectivity index (χ4v) is 2.91. The van der Waals surface area contributed by atoms with E-state index in [1.807, 2.05) is 0 Å². The SMILES string of the molecule is NC(=O)/C=C(\N)c1c(-c2ccc(C(F)(F)F)c(O)c2)[nH]c(NC2CC2)nc1=S. The van der Waals surface area contributed by atoms with Gasteiger partial charge in [0, 0.05) is 23.4 Å². The number of aromatic nitrogens is 2. The molecule has 1 amide bonds. The number of rotatable bonds is 5. The number of phenols is 1. The lowest BCUT2D eigenvalue weighted by Gasteiger charge is -2.15. The van der Waals surface area contributed by atoms with Gasteiger partial charge in [0.25, 0.3) is 0 Å². The first-order chi connectivity index (χ1) is 13.1. The summed E-state index contributed by atoms with van der Waals surface area (Å²) in [5.74, 6) is -1.48. The molecule has 1 aliphatic rings. The second-order valence-electron chi connectivity index (χ2n) is 6.29. The van der Waals surface area contributed by atoms with Crippen LogP contribution in [0.4, 0.5) is 19.1 Å². The Morgan fingerprint density at radius 2 is 2.04 bits per heavy atom. The zero-order chi connectivity index (χ0) is 20.6. The number of nitrogens with zero attached hydrogens (tertiary/aromatic N) is 1. The average molecular weight is 411 g/mol. The highest BCUT2D eigenvalue weighted by molar-refractivity contribution is 7.71. The molecule has 2 aromatic rings. The Morgan fingerprint density at radius 1 is 1.36 bits per heavy atom. The fourth-order valence-electron chi connectivity index (χ4n) is 2.60. The van der Waals surface area contributed by atoms with Crippen LogP contribution >= 0.6 is 12.2 Å². The summed E-state index contributed by atoms with van der Waals surface area (Å²) in [5.41, 5.74) is 10.2. The number of aromatic hydroxyl groups is 1. The van der Waals surface area contributed by atoms with E-state index < -0.39 is 23.4 Å². The van der Waals surface area contributed by atoms with E-state index in [9.17, 15) is 23.1 Å². The third-order valence-corrected chi connectivity index (χ3v) is 4.31. The maximum atomic E-state index is 12.9. The molecular formula is C17H16F3N5O2S. The Labute approximate surface area is 162 Å². The van der Waals surface area contributed by atoms with Gasteiger partial charge in [-0.1, -0.05) is 18.3 Å². The summed E-state index contributed by atoms with van der Waals surface area (Å²) < 4.78 is 38.8. The monoisotopic (exact) mass is 411 g/mol. The highest BCUT2D eigenvalue weighted by Crippen LogP contribution is 2.38. The summed E-state index contributed by atoms with van der Waals surface area (Å²) in [7, 11) is 0. The number of aromatic amines is 1. The van der Waals surface area contributed by atoms with Crippen molar-refractivity contribution in [3.8, 4) is 17.0 Å². The van der Waals surface area contributed by atoms with Crippen molar-refractivity contribution in [1.82, 2.24) is 9.97 Å². The number of primary amides is 1. The molecule has 0 bridgehead atoms. The Balaban J connectivity index is 2.19. The van der Waals surface area contributed by atoms with E-state index in [4.69, 9.17) is 23.7 Å². The van der Waals surface area contributed by atoms with Crippen LogP contribution in [0.3, 0.4) is 0 Å². The Morgan fingerprint density at radius 3 is 2.57 bits per heavy atom. The van der Waals surface area contributed by atoms with Gasteiger partial charge in [-0.15, -0.1) is 0 Å². The number of alkyl halides is 3. The molecule has 3 rings (SSSR count). The standard InChI is InChI=1S/C17H16F3N5O2S/c18-17(19,20)9-4-1-7(5-11(9)26)14-13(10(21)6-12(22)27)15(28)25-16(24-14)23-8-2-3-8/h1,4-6,8,26H,2-3,21H2,(H2,22,27)(H2,23,24,25,28)/b10-6-. The lowest BCUT2D eigenvalue weighted by Crippen LogP contribution is -2.13. The van der Waals surface area contributed by atoms with Crippen molar-refractivity contribution < 1.29 is 23.1 Å². The number of phenolic OH excluding ortho intramolecular Hbond substituents is 1. The van der Waals surface area contributed by atoms with Crippen molar-refractivity contribution >= 4 is 29.8 Å². The number of H-pyrrole nitrogens is 1. The summed E-state index contributed by atoms with van der Waals surface area (Å²) in [5, 5.41) is 12.9. The van der Waals surface area contributed by atoms with E-state index in [-0.39, 0.29) is 33.2 Å². The number of nitrogens with one attached hydrogen (secondary N) is 2.